The van der Waals surface area contributed by atoms with Crippen molar-refractivity contribution in [3.63, 3.8) is 0 Å². The summed E-state index contributed by atoms with van der Waals surface area (Å²) in [6.07, 6.45) is 0. The summed E-state index contributed by atoms with van der Waals surface area (Å²) in [6.45, 7) is -2.62. The second-order valence-corrected chi connectivity index (χ2v) is 0.617. The topological polar surface area (TPSA) is 17.1 Å². The van der Waals surface area contributed by atoms with Crippen LogP contribution in [0, 0.1) is 0 Å². The molecule has 0 aromatic carbocycles. The molecule has 0 radical (unpaired) electrons. The molecule has 0 aliphatic carbocycles. The van der Waals surface area contributed by atoms with Gasteiger partial charge >= 0.3 is 0 Å². The minimum Gasteiger partial charge on any atom is -0.282 e. The molecule has 0 bridgehead atoms. The summed E-state index contributed by atoms with van der Waals surface area (Å²) in [7, 11) is 0. The maximum absolute atomic E-state index is 9.67. The van der Waals surface area contributed by atoms with Crippen molar-refractivity contribution in [2.24, 2.45) is 0 Å². The molecule has 0 aromatic heterocycles. The lowest BCUT2D eigenvalue weighted by molar-refractivity contribution is -0.109. The average molecular weight is 81.5 g/mol. The highest BCUT2D eigenvalue weighted by Gasteiger charge is 1.67. The Hall–Kier alpha value is -0.0400. The lowest BCUT2D eigenvalue weighted by atomic mass is 10.9. The Kier molecular flexibility index (Phi) is 0.317. The third-order valence-corrected chi connectivity index (χ3v) is 0. The molecule has 0 saturated heterocycles. The highest BCUT2D eigenvalue weighted by Crippen LogP contribution is 1.67. The Morgan fingerprint density at radius 2 is 2.75 bits per heavy atom. The van der Waals surface area contributed by atoms with Gasteiger partial charge in [-0.25, -0.2) is 0 Å². The van der Waals surface area contributed by atoms with Crippen LogP contribution in [0.3, 0.4) is 0 Å². The summed E-state index contributed by atoms with van der Waals surface area (Å²) >= 11 is 4.55. The number of carbonyl (C=O) groups excluding carboxylic acids is 1. The molecule has 0 N–H and O–H groups in total. The van der Waals surface area contributed by atoms with Crippen LogP contribution in [0.25, 0.3) is 0 Å². The quantitative estimate of drug-likeness (QED) is 0.394. The molecule has 0 aliphatic rings. The standard InChI is InChI=1S/C2H3ClO/c1-2(3)4/h1H3/i1D3. The Morgan fingerprint density at radius 1 is 2.50 bits per heavy atom. The van der Waals surface area contributed by atoms with E-state index < -0.39 is 12.1 Å². The highest BCUT2D eigenvalue weighted by molar-refractivity contribution is 6.62. The van der Waals surface area contributed by atoms with Crippen LogP contribution in [0.15, 0.2) is 0 Å². The van der Waals surface area contributed by atoms with E-state index in [9.17, 15) is 4.79 Å². The molecule has 0 fully saturated rings. The minimum absolute atomic E-state index is 1.28. The lowest BCUT2D eigenvalue weighted by Crippen LogP contribution is -1.62. The molecule has 0 saturated carbocycles. The third kappa shape index (κ3) is 1130. The smallest absolute Gasteiger partial charge is 0.218 e. The van der Waals surface area contributed by atoms with Gasteiger partial charge in [0.05, 0.1) is 0 Å². The van der Waals surface area contributed by atoms with E-state index >= 15 is 0 Å². The van der Waals surface area contributed by atoms with E-state index in [-0.39, 0.29) is 0 Å². The molecule has 1 nitrogen and oxygen atoms in total. The van der Waals surface area contributed by atoms with Gasteiger partial charge in [0.1, 0.15) is 0 Å². The predicted molar refractivity (Wildman–Crippen MR) is 16.5 cm³/mol. The van der Waals surface area contributed by atoms with Gasteiger partial charge in [-0.1, -0.05) is 0 Å². The number of carbonyl (C=O) groups is 1. The molecule has 0 aliphatic heterocycles. The first kappa shape index (κ1) is 0.977. The van der Waals surface area contributed by atoms with Crippen LogP contribution in [-0.4, -0.2) is 5.24 Å². The Morgan fingerprint density at radius 3 is 2.75 bits per heavy atom. The first-order chi connectivity index (χ1) is 2.94. The van der Waals surface area contributed by atoms with Crippen molar-refractivity contribution in [2.75, 3.05) is 0 Å². The first-order valence-electron chi connectivity index (χ1n) is 2.14. The van der Waals surface area contributed by atoms with Crippen LogP contribution in [0.2, 0.25) is 0 Å². The third-order valence-electron chi connectivity index (χ3n) is 0. The molecule has 0 aromatic rings. The van der Waals surface area contributed by atoms with E-state index in [0.29, 0.717) is 0 Å². The van der Waals surface area contributed by atoms with Gasteiger partial charge < -0.3 is 0 Å². The van der Waals surface area contributed by atoms with Crippen LogP contribution in [0.5, 0.6) is 0 Å². The number of halogens is 1. The van der Waals surface area contributed by atoms with E-state index in [0.717, 1.165) is 0 Å². The molecule has 0 rings (SSSR count). The van der Waals surface area contributed by atoms with Crippen molar-refractivity contribution >= 4 is 16.8 Å². The van der Waals surface area contributed by atoms with Crippen LogP contribution in [0.1, 0.15) is 11.0 Å². The fourth-order valence-corrected chi connectivity index (χ4v) is 0. The van der Waals surface area contributed by atoms with Gasteiger partial charge in [0.2, 0.25) is 5.24 Å². The largest absolute Gasteiger partial charge is 0.282 e. The Labute approximate surface area is 33.8 Å². The van der Waals surface area contributed by atoms with Crippen molar-refractivity contribution < 1.29 is 8.91 Å². The minimum atomic E-state index is -2.62. The Bertz CT molecular complexity index is 85.4. The molecule has 0 amide bonds. The maximum Gasteiger partial charge on any atom is 0.218 e. The molecule has 24 valence electrons. The molecule has 2 heteroatoms. The second kappa shape index (κ2) is 1.30. The summed E-state index contributed by atoms with van der Waals surface area (Å²) < 4.78 is 18.7. The van der Waals surface area contributed by atoms with Crippen LogP contribution >= 0.6 is 11.6 Å². The molecule has 0 spiro atoms. The summed E-state index contributed by atoms with van der Waals surface area (Å²) in [4.78, 5) is 9.67. The van der Waals surface area contributed by atoms with Crippen molar-refractivity contribution in [3.05, 3.63) is 0 Å². The van der Waals surface area contributed by atoms with Crippen LogP contribution in [0.4, 0.5) is 0 Å². The number of hydrogen-bond donors (Lipinski definition) is 0. The van der Waals surface area contributed by atoms with E-state index in [1.807, 2.05) is 0 Å². The van der Waals surface area contributed by atoms with E-state index in [4.69, 9.17) is 4.11 Å². The molecular formula is C2H3ClO. The average Bonchev–Trinajstić information content (AvgIpc) is 1.31. The van der Waals surface area contributed by atoms with Gasteiger partial charge in [-0.05, 0) is 11.6 Å². The van der Waals surface area contributed by atoms with Crippen molar-refractivity contribution in [1.29, 1.82) is 0 Å². The zero-order valence-electron chi connectivity index (χ0n) is 4.79. The van der Waals surface area contributed by atoms with Gasteiger partial charge in [-0.2, -0.15) is 0 Å². The molecule has 4 heavy (non-hydrogen) atoms. The highest BCUT2D eigenvalue weighted by atomic mass is 35.5. The first-order valence-corrected chi connectivity index (χ1v) is 1.02. The summed E-state index contributed by atoms with van der Waals surface area (Å²) in [5, 5.41) is -1.28. The molecule has 0 unspecified atom stereocenters. The van der Waals surface area contributed by atoms with E-state index in [1.54, 1.807) is 0 Å². The zero-order chi connectivity index (χ0) is 6.08. The predicted octanol–water partition coefficient (Wildman–Crippen LogP) is 0.772. The normalized spacial score (nSPS) is 20.8. The van der Waals surface area contributed by atoms with Crippen LogP contribution < -0.4 is 0 Å². The lowest BCUT2D eigenvalue weighted by Gasteiger charge is -1.52. The van der Waals surface area contributed by atoms with Crippen molar-refractivity contribution in [2.45, 2.75) is 6.85 Å². The van der Waals surface area contributed by atoms with Gasteiger partial charge in [-0.3, -0.25) is 4.79 Å². The zero-order valence-corrected chi connectivity index (χ0v) is 2.54. The molecule has 0 heterocycles. The fourth-order valence-electron chi connectivity index (χ4n) is 0. The van der Waals surface area contributed by atoms with Crippen molar-refractivity contribution in [3.8, 4) is 0 Å². The van der Waals surface area contributed by atoms with E-state index in [2.05, 4.69) is 11.6 Å². The second-order valence-electron chi connectivity index (χ2n) is 0.274. The van der Waals surface area contributed by atoms with Gasteiger partial charge in [0, 0.05) is 11.0 Å². The number of hydrogen-bond acceptors (Lipinski definition) is 1. The summed E-state index contributed by atoms with van der Waals surface area (Å²) in [5.41, 5.74) is 0. The van der Waals surface area contributed by atoms with E-state index in [1.165, 1.54) is 0 Å². The van der Waals surface area contributed by atoms with Gasteiger partial charge in [0.15, 0.2) is 0 Å². The fraction of sp³-hybridized carbons (Fsp3) is 0.500. The van der Waals surface area contributed by atoms with Gasteiger partial charge in [0.25, 0.3) is 0 Å². The van der Waals surface area contributed by atoms with Crippen molar-refractivity contribution in [1.82, 2.24) is 0 Å². The molecule has 0 atom stereocenters. The maximum atomic E-state index is 9.67. The molecular weight excluding hydrogens is 75.5 g/mol. The monoisotopic (exact) mass is 81.0 g/mol. The van der Waals surface area contributed by atoms with Crippen LogP contribution in [-0.2, 0) is 4.79 Å². The summed E-state index contributed by atoms with van der Waals surface area (Å²) in [5.74, 6) is 0. The van der Waals surface area contributed by atoms with Gasteiger partial charge in [-0.15, -0.1) is 0 Å². The summed E-state index contributed by atoms with van der Waals surface area (Å²) in [6, 6.07) is 0. The number of rotatable bonds is 0. The Balaban J connectivity index is 3.79. The SMILES string of the molecule is [2H]C([2H])([2H])C(=O)Cl.